The Balaban J connectivity index is 1.73. The number of ether oxygens (including phenoxy) is 1. The molecule has 0 saturated carbocycles. The Bertz CT molecular complexity index is 999. The van der Waals surface area contributed by atoms with Crippen molar-refractivity contribution in [2.75, 3.05) is 7.11 Å². The molecule has 0 fully saturated rings. The molecule has 144 valence electrons. The first kappa shape index (κ1) is 19.6. The Kier molecular flexibility index (Phi) is 5.71. The monoisotopic (exact) mass is 407 g/mol. The standard InChI is InChI=1S/C19H21NO5S2/c1-12-9-15(10-13(2)19(12)24-3)27(22,23)20-11-14-6-7-17(26-14)18(21)16-5-4-8-25-16/h4-10,18,20-21H,11H2,1-3H3. The first-order valence-corrected chi connectivity index (χ1v) is 10.6. The summed E-state index contributed by atoms with van der Waals surface area (Å²) in [6, 6.07) is 10.1. The van der Waals surface area contributed by atoms with E-state index in [4.69, 9.17) is 9.15 Å². The molecular weight excluding hydrogens is 386 g/mol. The highest BCUT2D eigenvalue weighted by Gasteiger charge is 2.19. The molecule has 1 atom stereocenters. The summed E-state index contributed by atoms with van der Waals surface area (Å²) in [7, 11) is -2.10. The van der Waals surface area contributed by atoms with Crippen molar-refractivity contribution in [2.45, 2.75) is 31.4 Å². The highest BCUT2D eigenvalue weighted by atomic mass is 32.2. The van der Waals surface area contributed by atoms with Gasteiger partial charge in [-0.1, -0.05) is 0 Å². The van der Waals surface area contributed by atoms with Gasteiger partial charge in [0, 0.05) is 16.3 Å². The van der Waals surface area contributed by atoms with Gasteiger partial charge in [0.2, 0.25) is 10.0 Å². The fourth-order valence-electron chi connectivity index (χ4n) is 2.86. The number of nitrogens with one attached hydrogen (secondary N) is 1. The molecule has 1 unspecified atom stereocenters. The maximum Gasteiger partial charge on any atom is 0.240 e. The molecule has 0 aliphatic carbocycles. The van der Waals surface area contributed by atoms with Crippen molar-refractivity contribution in [1.82, 2.24) is 4.72 Å². The number of aliphatic hydroxyl groups is 1. The van der Waals surface area contributed by atoms with Gasteiger partial charge in [0.1, 0.15) is 17.6 Å². The van der Waals surface area contributed by atoms with Crippen molar-refractivity contribution in [1.29, 1.82) is 0 Å². The summed E-state index contributed by atoms with van der Waals surface area (Å²) in [5.74, 6) is 1.14. The van der Waals surface area contributed by atoms with E-state index >= 15 is 0 Å². The van der Waals surface area contributed by atoms with Crippen LogP contribution in [0.15, 0.2) is 52.0 Å². The number of sulfonamides is 1. The van der Waals surface area contributed by atoms with Gasteiger partial charge in [-0.3, -0.25) is 0 Å². The molecule has 0 saturated heterocycles. The average Bonchev–Trinajstić information content (AvgIpc) is 3.31. The second-order valence-corrected chi connectivity index (χ2v) is 9.10. The SMILES string of the molecule is COc1c(C)cc(S(=O)(=O)NCc2ccc(C(O)c3ccco3)s2)cc1C. The first-order chi connectivity index (χ1) is 12.8. The molecular formula is C19H21NO5S2. The van der Waals surface area contributed by atoms with Gasteiger partial charge in [-0.15, -0.1) is 11.3 Å². The summed E-state index contributed by atoms with van der Waals surface area (Å²) >= 11 is 1.33. The van der Waals surface area contributed by atoms with Crippen molar-refractivity contribution >= 4 is 21.4 Å². The van der Waals surface area contributed by atoms with Crippen LogP contribution in [0.25, 0.3) is 0 Å². The zero-order valence-electron chi connectivity index (χ0n) is 15.2. The van der Waals surface area contributed by atoms with E-state index < -0.39 is 16.1 Å². The third-order valence-corrected chi connectivity index (χ3v) is 6.67. The van der Waals surface area contributed by atoms with Crippen LogP contribution in [0.4, 0.5) is 0 Å². The van der Waals surface area contributed by atoms with Crippen molar-refractivity contribution < 1.29 is 22.7 Å². The van der Waals surface area contributed by atoms with Gasteiger partial charge >= 0.3 is 0 Å². The number of hydrogen-bond donors (Lipinski definition) is 2. The lowest BCUT2D eigenvalue weighted by Gasteiger charge is -2.12. The first-order valence-electron chi connectivity index (χ1n) is 8.27. The molecule has 27 heavy (non-hydrogen) atoms. The number of benzene rings is 1. The third kappa shape index (κ3) is 4.24. The number of methoxy groups -OCH3 is 1. The number of aryl methyl sites for hydroxylation is 2. The number of hydrogen-bond acceptors (Lipinski definition) is 6. The quantitative estimate of drug-likeness (QED) is 0.625. The molecule has 1 aromatic carbocycles. The normalized spacial score (nSPS) is 12.9. The van der Waals surface area contributed by atoms with Crippen LogP contribution in [0, 0.1) is 13.8 Å². The Morgan fingerprint density at radius 1 is 1.22 bits per heavy atom. The van der Waals surface area contributed by atoms with Crippen LogP contribution < -0.4 is 9.46 Å². The van der Waals surface area contributed by atoms with E-state index in [1.165, 1.54) is 17.6 Å². The summed E-state index contributed by atoms with van der Waals surface area (Å²) < 4.78 is 38.3. The molecule has 0 aliphatic rings. The molecule has 2 aromatic heterocycles. The van der Waals surface area contributed by atoms with Crippen LogP contribution in [-0.2, 0) is 16.6 Å². The van der Waals surface area contributed by atoms with Crippen LogP contribution in [0.5, 0.6) is 5.75 Å². The van der Waals surface area contributed by atoms with E-state index in [-0.39, 0.29) is 11.4 Å². The minimum absolute atomic E-state index is 0.141. The summed E-state index contributed by atoms with van der Waals surface area (Å²) in [6.45, 7) is 3.76. The van der Waals surface area contributed by atoms with Gasteiger partial charge in [-0.2, -0.15) is 0 Å². The van der Waals surface area contributed by atoms with Gasteiger partial charge < -0.3 is 14.3 Å². The molecule has 0 aliphatic heterocycles. The number of thiophene rings is 1. The second-order valence-electron chi connectivity index (χ2n) is 6.14. The smallest absolute Gasteiger partial charge is 0.240 e. The molecule has 0 radical (unpaired) electrons. The zero-order chi connectivity index (χ0) is 19.6. The van der Waals surface area contributed by atoms with E-state index in [0.29, 0.717) is 16.4 Å². The largest absolute Gasteiger partial charge is 0.496 e. The molecule has 3 aromatic rings. The lowest BCUT2D eigenvalue weighted by Crippen LogP contribution is -2.23. The van der Waals surface area contributed by atoms with Crippen molar-refractivity contribution in [3.63, 3.8) is 0 Å². The molecule has 2 N–H and O–H groups in total. The van der Waals surface area contributed by atoms with E-state index in [1.807, 2.05) is 13.8 Å². The maximum atomic E-state index is 12.6. The Hall–Kier alpha value is -2.13. The predicted molar refractivity (Wildman–Crippen MR) is 104 cm³/mol. The topological polar surface area (TPSA) is 88.8 Å². The van der Waals surface area contributed by atoms with Gasteiger partial charge in [0.05, 0.1) is 18.3 Å². The van der Waals surface area contributed by atoms with E-state index in [9.17, 15) is 13.5 Å². The minimum Gasteiger partial charge on any atom is -0.496 e. The summed E-state index contributed by atoms with van der Waals surface area (Å²) in [5, 5.41) is 10.3. The fraction of sp³-hybridized carbons (Fsp3) is 0.263. The van der Waals surface area contributed by atoms with Crippen molar-refractivity contribution in [3.8, 4) is 5.75 Å². The predicted octanol–water partition coefficient (Wildman–Crippen LogP) is 3.53. The van der Waals surface area contributed by atoms with Crippen LogP contribution in [0.1, 0.15) is 32.7 Å². The summed E-state index contributed by atoms with van der Waals surface area (Å²) in [4.78, 5) is 1.68. The number of rotatable bonds is 7. The van der Waals surface area contributed by atoms with Gasteiger partial charge in [-0.25, -0.2) is 13.1 Å². The van der Waals surface area contributed by atoms with E-state index in [0.717, 1.165) is 16.0 Å². The number of furan rings is 1. The average molecular weight is 408 g/mol. The third-order valence-electron chi connectivity index (χ3n) is 4.15. The van der Waals surface area contributed by atoms with Crippen molar-refractivity contribution in [2.24, 2.45) is 0 Å². The molecule has 0 bridgehead atoms. The number of aliphatic hydroxyl groups excluding tert-OH is 1. The molecule has 6 nitrogen and oxygen atoms in total. The van der Waals surface area contributed by atoms with Crippen LogP contribution in [0.3, 0.4) is 0 Å². The van der Waals surface area contributed by atoms with E-state index in [1.54, 1.807) is 43.5 Å². The molecule has 3 rings (SSSR count). The Labute approximate surface area is 162 Å². The van der Waals surface area contributed by atoms with E-state index in [2.05, 4.69) is 4.72 Å². The fourth-order valence-corrected chi connectivity index (χ4v) is 5.08. The molecule has 0 spiro atoms. The van der Waals surface area contributed by atoms with Gasteiger partial charge in [0.25, 0.3) is 0 Å². The highest BCUT2D eigenvalue weighted by molar-refractivity contribution is 7.89. The van der Waals surface area contributed by atoms with Gasteiger partial charge in [-0.05, 0) is 61.4 Å². The lowest BCUT2D eigenvalue weighted by molar-refractivity contribution is 0.193. The van der Waals surface area contributed by atoms with Crippen LogP contribution >= 0.6 is 11.3 Å². The van der Waals surface area contributed by atoms with Crippen LogP contribution in [-0.4, -0.2) is 20.6 Å². The lowest BCUT2D eigenvalue weighted by atomic mass is 10.1. The van der Waals surface area contributed by atoms with Gasteiger partial charge in [0.15, 0.2) is 0 Å². The summed E-state index contributed by atoms with van der Waals surface area (Å²) in [6.07, 6.45) is 0.641. The van der Waals surface area contributed by atoms with Crippen molar-refractivity contribution in [3.05, 3.63) is 69.3 Å². The zero-order valence-corrected chi connectivity index (χ0v) is 16.9. The molecule has 2 heterocycles. The highest BCUT2D eigenvalue weighted by Crippen LogP contribution is 2.29. The Morgan fingerprint density at radius 2 is 1.93 bits per heavy atom. The minimum atomic E-state index is -3.66. The maximum absolute atomic E-state index is 12.6. The summed E-state index contributed by atoms with van der Waals surface area (Å²) in [5.41, 5.74) is 1.52. The second kappa shape index (κ2) is 7.85. The Morgan fingerprint density at radius 3 is 2.52 bits per heavy atom. The van der Waals surface area contributed by atoms with Crippen LogP contribution in [0.2, 0.25) is 0 Å². The molecule has 8 heteroatoms. The molecule has 0 amide bonds.